The third-order valence-electron chi connectivity index (χ3n) is 2.75. The summed E-state index contributed by atoms with van der Waals surface area (Å²) in [5, 5.41) is -1.37. The molecule has 1 saturated heterocycles. The van der Waals surface area contributed by atoms with Crippen LogP contribution in [-0.4, -0.2) is 40.5 Å². The Hall–Kier alpha value is 0.01000. The topological polar surface area (TPSA) is 25.4 Å². The number of hydrogen-bond acceptors (Lipinski definition) is 4. The lowest BCUT2D eigenvalue weighted by atomic mass is 10.3. The average Bonchev–Trinajstić information content (AvgIpc) is 2.43. The van der Waals surface area contributed by atoms with E-state index in [2.05, 4.69) is 4.98 Å². The summed E-state index contributed by atoms with van der Waals surface area (Å²) in [7, 11) is 0. The Bertz CT molecular complexity index is 595. The maximum atomic E-state index is 13.2. The molecular weight excluding hydrogens is 404 g/mol. The number of ether oxygens (including phenoxy) is 1. The monoisotopic (exact) mass is 410 g/mol. The zero-order valence-corrected chi connectivity index (χ0v) is 14.6. The van der Waals surface area contributed by atoms with Crippen molar-refractivity contribution < 1.29 is 17.9 Å². The molecule has 22 heavy (non-hydrogen) atoms. The van der Waals surface area contributed by atoms with Crippen molar-refractivity contribution >= 4 is 63.1 Å². The predicted octanol–water partition coefficient (Wildman–Crippen LogP) is 4.77. The van der Waals surface area contributed by atoms with Gasteiger partial charge in [-0.25, -0.2) is 4.98 Å². The van der Waals surface area contributed by atoms with Crippen molar-refractivity contribution in [2.24, 2.45) is 0 Å². The van der Waals surface area contributed by atoms with E-state index in [1.54, 1.807) is 4.90 Å². The lowest BCUT2D eigenvalue weighted by molar-refractivity contribution is -0.139. The predicted molar refractivity (Wildman–Crippen MR) is 85.1 cm³/mol. The maximum Gasteiger partial charge on any atom is 0.420 e. The van der Waals surface area contributed by atoms with E-state index in [4.69, 9.17) is 51.8 Å². The molecule has 0 N–H and O–H groups in total. The van der Waals surface area contributed by atoms with E-state index in [1.807, 2.05) is 0 Å². The fourth-order valence-corrected chi connectivity index (χ4v) is 4.02. The van der Waals surface area contributed by atoms with Crippen molar-refractivity contribution in [3.05, 3.63) is 20.9 Å². The van der Waals surface area contributed by atoms with Crippen LogP contribution in [0.5, 0.6) is 0 Å². The minimum absolute atomic E-state index is 0.244. The standard InChI is InChI=1S/C11H8Cl3F3N2OS2/c12-6-7(22-10(21)19-1-3-20-4-2-19)5(11(15,16)17)8(13)18-9(6)14/h1-4H2. The van der Waals surface area contributed by atoms with E-state index >= 15 is 0 Å². The van der Waals surface area contributed by atoms with Gasteiger partial charge < -0.3 is 9.64 Å². The third-order valence-corrected chi connectivity index (χ3v) is 5.43. The summed E-state index contributed by atoms with van der Waals surface area (Å²) in [4.78, 5) is 4.81. The fourth-order valence-electron chi connectivity index (χ4n) is 1.73. The summed E-state index contributed by atoms with van der Waals surface area (Å²) < 4.78 is 45.0. The lowest BCUT2D eigenvalue weighted by Gasteiger charge is -2.29. The van der Waals surface area contributed by atoms with Gasteiger partial charge in [-0.15, -0.1) is 0 Å². The normalized spacial score (nSPS) is 16.0. The average molecular weight is 412 g/mol. The maximum absolute atomic E-state index is 13.2. The van der Waals surface area contributed by atoms with E-state index in [0.717, 1.165) is 0 Å². The number of morpholine rings is 1. The van der Waals surface area contributed by atoms with Crippen molar-refractivity contribution in [2.45, 2.75) is 11.1 Å². The molecule has 1 aliphatic rings. The van der Waals surface area contributed by atoms with Crippen LogP contribution in [0.15, 0.2) is 4.90 Å². The molecule has 122 valence electrons. The Kier molecular flexibility index (Phi) is 6.07. The lowest BCUT2D eigenvalue weighted by Crippen LogP contribution is -2.38. The van der Waals surface area contributed by atoms with Crippen LogP contribution in [0.25, 0.3) is 0 Å². The SMILES string of the molecule is FC(F)(F)c1c(Cl)nc(Cl)c(Cl)c1SC(=S)N1CCOCC1. The van der Waals surface area contributed by atoms with Crippen molar-refractivity contribution in [1.82, 2.24) is 9.88 Å². The fraction of sp³-hybridized carbons (Fsp3) is 0.455. The second-order valence-electron chi connectivity index (χ2n) is 4.18. The Morgan fingerprint density at radius 3 is 2.32 bits per heavy atom. The first-order valence-corrected chi connectivity index (χ1v) is 8.24. The molecule has 0 amide bonds. The van der Waals surface area contributed by atoms with Gasteiger partial charge in [0.2, 0.25) is 0 Å². The van der Waals surface area contributed by atoms with E-state index in [-0.39, 0.29) is 19.4 Å². The van der Waals surface area contributed by atoms with Gasteiger partial charge in [-0.2, -0.15) is 13.2 Å². The molecule has 0 radical (unpaired) electrons. The van der Waals surface area contributed by atoms with Gasteiger partial charge in [0, 0.05) is 13.1 Å². The van der Waals surface area contributed by atoms with E-state index < -0.39 is 16.9 Å². The number of thiocarbonyl (C=S) groups is 1. The molecule has 1 aromatic heterocycles. The molecule has 0 saturated carbocycles. The van der Waals surface area contributed by atoms with Crippen LogP contribution in [0, 0.1) is 0 Å². The first kappa shape index (κ1) is 18.4. The van der Waals surface area contributed by atoms with Gasteiger partial charge >= 0.3 is 6.18 Å². The van der Waals surface area contributed by atoms with Gasteiger partial charge in [0.15, 0.2) is 5.15 Å². The van der Waals surface area contributed by atoms with Crippen LogP contribution >= 0.6 is 58.8 Å². The van der Waals surface area contributed by atoms with Gasteiger partial charge in [0.1, 0.15) is 15.0 Å². The highest BCUT2D eigenvalue weighted by atomic mass is 35.5. The van der Waals surface area contributed by atoms with Crippen LogP contribution in [0.4, 0.5) is 13.2 Å². The molecule has 1 aromatic rings. The molecule has 0 bridgehead atoms. The van der Waals surface area contributed by atoms with Crippen molar-refractivity contribution in [3.63, 3.8) is 0 Å². The first-order chi connectivity index (χ1) is 10.2. The van der Waals surface area contributed by atoms with Crippen LogP contribution in [0.2, 0.25) is 15.3 Å². The van der Waals surface area contributed by atoms with Gasteiger partial charge in [-0.05, 0) is 0 Å². The summed E-state index contributed by atoms with van der Waals surface area (Å²) in [6, 6.07) is 0. The van der Waals surface area contributed by atoms with E-state index in [9.17, 15) is 13.2 Å². The minimum atomic E-state index is -4.72. The highest BCUT2D eigenvalue weighted by Crippen LogP contribution is 2.46. The highest BCUT2D eigenvalue weighted by molar-refractivity contribution is 8.23. The molecule has 0 atom stereocenters. The molecular formula is C11H8Cl3F3N2OS2. The minimum Gasteiger partial charge on any atom is -0.378 e. The number of nitrogens with zero attached hydrogens (tertiary/aromatic N) is 2. The van der Waals surface area contributed by atoms with Crippen LogP contribution < -0.4 is 0 Å². The van der Waals surface area contributed by atoms with Crippen molar-refractivity contribution in [3.8, 4) is 0 Å². The number of aromatic nitrogens is 1. The molecule has 2 rings (SSSR count). The number of rotatable bonds is 1. The van der Waals surface area contributed by atoms with Gasteiger partial charge in [0.05, 0.1) is 23.1 Å². The molecule has 0 aliphatic carbocycles. The number of halogens is 6. The van der Waals surface area contributed by atoms with Gasteiger partial charge in [0.25, 0.3) is 0 Å². The Balaban J connectivity index is 2.38. The van der Waals surface area contributed by atoms with Crippen molar-refractivity contribution in [2.75, 3.05) is 26.3 Å². The van der Waals surface area contributed by atoms with Gasteiger partial charge in [-0.3, -0.25) is 0 Å². The zero-order valence-electron chi connectivity index (χ0n) is 10.7. The van der Waals surface area contributed by atoms with Crippen molar-refractivity contribution in [1.29, 1.82) is 0 Å². The smallest absolute Gasteiger partial charge is 0.378 e. The first-order valence-electron chi connectivity index (χ1n) is 5.88. The molecule has 3 nitrogen and oxygen atoms in total. The molecule has 0 unspecified atom stereocenters. The van der Waals surface area contributed by atoms with Gasteiger partial charge in [-0.1, -0.05) is 58.8 Å². The molecule has 0 spiro atoms. The summed E-state index contributed by atoms with van der Waals surface area (Å²) in [5.74, 6) is 0. The largest absolute Gasteiger partial charge is 0.420 e. The zero-order chi connectivity index (χ0) is 16.5. The Labute approximate surface area is 149 Å². The number of alkyl halides is 3. The highest BCUT2D eigenvalue weighted by Gasteiger charge is 2.39. The summed E-state index contributed by atoms with van der Waals surface area (Å²) in [5.41, 5.74) is -1.14. The number of hydrogen-bond donors (Lipinski definition) is 0. The molecule has 2 heterocycles. The second-order valence-corrected chi connectivity index (χ2v) is 6.91. The summed E-state index contributed by atoms with van der Waals surface area (Å²) in [6.45, 7) is 1.91. The molecule has 0 aromatic carbocycles. The summed E-state index contributed by atoms with van der Waals surface area (Å²) in [6.07, 6.45) is -4.72. The third kappa shape index (κ3) is 4.10. The summed E-state index contributed by atoms with van der Waals surface area (Å²) >= 11 is 23.1. The molecule has 1 fully saturated rings. The quantitative estimate of drug-likeness (QED) is 0.377. The van der Waals surface area contributed by atoms with Crippen LogP contribution in [0.3, 0.4) is 0 Å². The van der Waals surface area contributed by atoms with Crippen LogP contribution in [-0.2, 0) is 10.9 Å². The number of thioether (sulfide) groups is 1. The van der Waals surface area contributed by atoms with E-state index in [0.29, 0.717) is 38.1 Å². The van der Waals surface area contributed by atoms with E-state index in [1.165, 1.54) is 0 Å². The molecule has 1 aliphatic heterocycles. The Morgan fingerprint density at radius 1 is 1.18 bits per heavy atom. The second kappa shape index (κ2) is 7.27. The molecule has 11 heteroatoms. The van der Waals surface area contributed by atoms with Crippen LogP contribution in [0.1, 0.15) is 5.56 Å². The number of pyridine rings is 1. The Morgan fingerprint density at radius 2 is 1.77 bits per heavy atom.